The van der Waals surface area contributed by atoms with Crippen molar-refractivity contribution in [3.05, 3.63) is 18.0 Å². The number of ether oxygens (including phenoxy) is 1. The van der Waals surface area contributed by atoms with E-state index in [0.717, 1.165) is 31.9 Å². The van der Waals surface area contributed by atoms with E-state index >= 15 is 0 Å². The van der Waals surface area contributed by atoms with Gasteiger partial charge < -0.3 is 10.1 Å². The topological polar surface area (TPSA) is 39.1 Å². The zero-order chi connectivity index (χ0) is 10.5. The fourth-order valence-corrected chi connectivity index (χ4v) is 1.84. The lowest BCUT2D eigenvalue weighted by Crippen LogP contribution is -2.26. The van der Waals surface area contributed by atoms with Gasteiger partial charge in [0, 0.05) is 32.4 Å². The van der Waals surface area contributed by atoms with Gasteiger partial charge in [0.05, 0.1) is 11.8 Å². The van der Waals surface area contributed by atoms with Crippen LogP contribution in [0.5, 0.6) is 0 Å². The van der Waals surface area contributed by atoms with Gasteiger partial charge in [-0.1, -0.05) is 0 Å². The van der Waals surface area contributed by atoms with E-state index in [4.69, 9.17) is 4.74 Å². The summed E-state index contributed by atoms with van der Waals surface area (Å²) in [5.41, 5.74) is 1.11. The van der Waals surface area contributed by atoms with Crippen LogP contribution in [0.25, 0.3) is 0 Å². The smallest absolute Gasteiger partial charge is 0.0762 e. The average Bonchev–Trinajstić information content (AvgIpc) is 2.88. The minimum Gasteiger partial charge on any atom is -0.377 e. The molecule has 1 aliphatic heterocycles. The van der Waals surface area contributed by atoms with Gasteiger partial charge in [-0.25, -0.2) is 0 Å². The molecule has 0 saturated carbocycles. The van der Waals surface area contributed by atoms with Gasteiger partial charge in [-0.15, -0.1) is 0 Å². The summed E-state index contributed by atoms with van der Waals surface area (Å²) < 4.78 is 7.48. The molecule has 2 rings (SSSR count). The first kappa shape index (κ1) is 10.6. The number of hydrogen-bond donors (Lipinski definition) is 1. The van der Waals surface area contributed by atoms with Gasteiger partial charge in [-0.05, 0) is 25.8 Å². The van der Waals surface area contributed by atoms with E-state index in [2.05, 4.69) is 23.4 Å². The SMILES string of the molecule is CCn1ccc(CNCC2CCCO2)n1. The van der Waals surface area contributed by atoms with E-state index in [9.17, 15) is 0 Å². The Morgan fingerprint density at radius 3 is 3.27 bits per heavy atom. The van der Waals surface area contributed by atoms with Crippen molar-refractivity contribution in [1.29, 1.82) is 0 Å². The Labute approximate surface area is 90.6 Å². The monoisotopic (exact) mass is 209 g/mol. The molecule has 15 heavy (non-hydrogen) atoms. The fourth-order valence-electron chi connectivity index (χ4n) is 1.84. The summed E-state index contributed by atoms with van der Waals surface area (Å²) >= 11 is 0. The molecule has 1 N–H and O–H groups in total. The van der Waals surface area contributed by atoms with Gasteiger partial charge in [0.1, 0.15) is 0 Å². The maximum absolute atomic E-state index is 5.53. The lowest BCUT2D eigenvalue weighted by molar-refractivity contribution is 0.110. The average molecular weight is 209 g/mol. The van der Waals surface area contributed by atoms with Gasteiger partial charge in [-0.2, -0.15) is 5.10 Å². The zero-order valence-corrected chi connectivity index (χ0v) is 9.28. The molecule has 1 saturated heterocycles. The molecular weight excluding hydrogens is 190 g/mol. The third-order valence-corrected chi connectivity index (χ3v) is 2.72. The third-order valence-electron chi connectivity index (χ3n) is 2.72. The molecule has 0 aromatic carbocycles. The molecule has 1 aromatic heterocycles. The normalized spacial score (nSPS) is 21.0. The molecule has 1 aromatic rings. The summed E-state index contributed by atoms with van der Waals surface area (Å²) in [7, 11) is 0. The highest BCUT2D eigenvalue weighted by Crippen LogP contribution is 2.10. The Bertz CT molecular complexity index is 292. The fraction of sp³-hybridized carbons (Fsp3) is 0.727. The molecule has 1 aliphatic rings. The zero-order valence-electron chi connectivity index (χ0n) is 9.28. The van der Waals surface area contributed by atoms with Crippen LogP contribution in [0.3, 0.4) is 0 Å². The molecule has 2 heterocycles. The highest BCUT2D eigenvalue weighted by molar-refractivity contribution is 4.98. The van der Waals surface area contributed by atoms with Crippen molar-refractivity contribution in [2.75, 3.05) is 13.2 Å². The second kappa shape index (κ2) is 5.28. The van der Waals surface area contributed by atoms with E-state index < -0.39 is 0 Å². The summed E-state index contributed by atoms with van der Waals surface area (Å²) in [5.74, 6) is 0. The Morgan fingerprint density at radius 1 is 1.67 bits per heavy atom. The van der Waals surface area contributed by atoms with Crippen LogP contribution in [0.2, 0.25) is 0 Å². The maximum atomic E-state index is 5.53. The van der Waals surface area contributed by atoms with Crippen LogP contribution >= 0.6 is 0 Å². The van der Waals surface area contributed by atoms with E-state index in [1.807, 2.05) is 10.9 Å². The molecule has 84 valence electrons. The van der Waals surface area contributed by atoms with Crippen LogP contribution in [0.4, 0.5) is 0 Å². The van der Waals surface area contributed by atoms with Crippen LogP contribution < -0.4 is 5.32 Å². The number of nitrogens with zero attached hydrogens (tertiary/aromatic N) is 2. The minimum absolute atomic E-state index is 0.415. The molecular formula is C11H19N3O. The summed E-state index contributed by atoms with van der Waals surface area (Å²) in [5, 5.41) is 7.79. The van der Waals surface area contributed by atoms with E-state index in [1.165, 1.54) is 12.8 Å². The quantitative estimate of drug-likeness (QED) is 0.791. The van der Waals surface area contributed by atoms with E-state index in [0.29, 0.717) is 6.10 Å². The summed E-state index contributed by atoms with van der Waals surface area (Å²) in [4.78, 5) is 0. The minimum atomic E-state index is 0.415. The molecule has 0 amide bonds. The van der Waals surface area contributed by atoms with Crippen molar-refractivity contribution in [3.63, 3.8) is 0 Å². The van der Waals surface area contributed by atoms with Crippen molar-refractivity contribution in [2.45, 2.75) is 39.0 Å². The van der Waals surface area contributed by atoms with Crippen LogP contribution in [0, 0.1) is 0 Å². The third kappa shape index (κ3) is 3.04. The maximum Gasteiger partial charge on any atom is 0.0762 e. The summed E-state index contributed by atoms with van der Waals surface area (Å²) in [6, 6.07) is 2.06. The van der Waals surface area contributed by atoms with Crippen molar-refractivity contribution < 1.29 is 4.74 Å². The molecule has 1 unspecified atom stereocenters. The van der Waals surface area contributed by atoms with Crippen LogP contribution in [0.15, 0.2) is 12.3 Å². The van der Waals surface area contributed by atoms with E-state index in [1.54, 1.807) is 0 Å². The van der Waals surface area contributed by atoms with Gasteiger partial charge in [0.15, 0.2) is 0 Å². The molecule has 0 spiro atoms. The first-order chi connectivity index (χ1) is 7.38. The standard InChI is InChI=1S/C11H19N3O/c1-2-14-6-5-10(13-14)8-12-9-11-4-3-7-15-11/h5-6,11-12H,2-4,7-9H2,1H3. The molecule has 0 radical (unpaired) electrons. The van der Waals surface area contributed by atoms with Gasteiger partial charge in [0.2, 0.25) is 0 Å². The van der Waals surface area contributed by atoms with Crippen LogP contribution in [-0.4, -0.2) is 29.0 Å². The highest BCUT2D eigenvalue weighted by atomic mass is 16.5. The summed E-state index contributed by atoms with van der Waals surface area (Å²) in [6.07, 6.45) is 4.83. The largest absolute Gasteiger partial charge is 0.377 e. The molecule has 4 nitrogen and oxygen atoms in total. The number of nitrogens with one attached hydrogen (secondary N) is 1. The predicted molar refractivity (Wildman–Crippen MR) is 58.6 cm³/mol. The number of rotatable bonds is 5. The second-order valence-corrected chi connectivity index (χ2v) is 3.93. The lowest BCUT2D eigenvalue weighted by atomic mass is 10.2. The van der Waals surface area contributed by atoms with E-state index in [-0.39, 0.29) is 0 Å². The Morgan fingerprint density at radius 2 is 2.60 bits per heavy atom. The number of hydrogen-bond acceptors (Lipinski definition) is 3. The van der Waals surface area contributed by atoms with Gasteiger partial charge >= 0.3 is 0 Å². The lowest BCUT2D eigenvalue weighted by Gasteiger charge is -2.09. The molecule has 1 atom stereocenters. The molecule has 1 fully saturated rings. The summed E-state index contributed by atoms with van der Waals surface area (Å²) in [6.45, 7) is 5.74. The Hall–Kier alpha value is -0.870. The first-order valence-corrected chi connectivity index (χ1v) is 5.73. The Kier molecular flexibility index (Phi) is 3.75. The molecule has 0 aliphatic carbocycles. The van der Waals surface area contributed by atoms with Gasteiger partial charge in [0.25, 0.3) is 0 Å². The van der Waals surface area contributed by atoms with Gasteiger partial charge in [-0.3, -0.25) is 4.68 Å². The van der Waals surface area contributed by atoms with Crippen molar-refractivity contribution >= 4 is 0 Å². The Balaban J connectivity index is 1.68. The predicted octanol–water partition coefficient (Wildman–Crippen LogP) is 1.17. The van der Waals surface area contributed by atoms with Crippen molar-refractivity contribution in [3.8, 4) is 0 Å². The molecule has 0 bridgehead atoms. The number of aryl methyl sites for hydroxylation is 1. The second-order valence-electron chi connectivity index (χ2n) is 3.93. The molecule has 4 heteroatoms. The first-order valence-electron chi connectivity index (χ1n) is 5.73. The highest BCUT2D eigenvalue weighted by Gasteiger charge is 2.14. The van der Waals surface area contributed by atoms with Crippen LogP contribution in [0.1, 0.15) is 25.5 Å². The van der Waals surface area contributed by atoms with Crippen molar-refractivity contribution in [2.24, 2.45) is 0 Å². The van der Waals surface area contributed by atoms with Crippen LogP contribution in [-0.2, 0) is 17.8 Å². The number of aromatic nitrogens is 2. The van der Waals surface area contributed by atoms with Crippen molar-refractivity contribution in [1.82, 2.24) is 15.1 Å².